The summed E-state index contributed by atoms with van der Waals surface area (Å²) in [5.74, 6) is 0.00102. The van der Waals surface area contributed by atoms with Crippen LogP contribution in [0.3, 0.4) is 0 Å². The van der Waals surface area contributed by atoms with E-state index in [4.69, 9.17) is 4.74 Å². The summed E-state index contributed by atoms with van der Waals surface area (Å²) in [6, 6.07) is 9.18. The molecule has 0 aliphatic carbocycles. The van der Waals surface area contributed by atoms with E-state index in [0.29, 0.717) is 18.8 Å². The number of hydrogen-bond donors (Lipinski definition) is 0. The number of rotatable bonds is 4. The second-order valence-electron chi connectivity index (χ2n) is 5.09. The normalized spacial score (nSPS) is 19.9. The Morgan fingerprint density at radius 2 is 2.05 bits per heavy atom. The topological polar surface area (TPSA) is 72.4 Å². The summed E-state index contributed by atoms with van der Waals surface area (Å²) in [5.41, 5.74) is 1.44. The Balaban J connectivity index is 1.74. The van der Waals surface area contributed by atoms with E-state index in [1.807, 2.05) is 30.3 Å². The van der Waals surface area contributed by atoms with Crippen molar-refractivity contribution in [3.05, 3.63) is 60.2 Å². The molecule has 0 radical (unpaired) electrons. The maximum absolute atomic E-state index is 12.6. The molecule has 1 aliphatic heterocycles. The van der Waals surface area contributed by atoms with E-state index in [9.17, 15) is 8.42 Å². The Morgan fingerprint density at radius 3 is 2.77 bits per heavy atom. The van der Waals surface area contributed by atoms with Crippen LogP contribution in [0.15, 0.2) is 48.9 Å². The molecule has 3 rings (SSSR count). The van der Waals surface area contributed by atoms with Gasteiger partial charge in [-0.3, -0.25) is 9.97 Å². The van der Waals surface area contributed by atoms with Gasteiger partial charge < -0.3 is 4.74 Å². The molecule has 0 saturated carbocycles. The molecule has 116 valence electrons. The van der Waals surface area contributed by atoms with Crippen molar-refractivity contribution >= 4 is 10.0 Å². The molecule has 2 heterocycles. The van der Waals surface area contributed by atoms with Crippen molar-refractivity contribution in [2.75, 3.05) is 19.7 Å². The Hall–Kier alpha value is -1.83. The van der Waals surface area contributed by atoms with Crippen LogP contribution in [0.4, 0.5) is 0 Å². The SMILES string of the molecule is O=S(=O)(Cc1ccccc1)N1CCO[C@H](c2cnccn2)C1. The number of ether oxygens (including phenoxy) is 1. The van der Waals surface area contributed by atoms with E-state index in [0.717, 1.165) is 5.56 Å². The van der Waals surface area contributed by atoms with Gasteiger partial charge in [0.25, 0.3) is 0 Å². The van der Waals surface area contributed by atoms with Crippen LogP contribution in [0, 0.1) is 0 Å². The smallest absolute Gasteiger partial charge is 0.218 e. The van der Waals surface area contributed by atoms with E-state index in [1.54, 1.807) is 18.6 Å². The molecule has 6 nitrogen and oxygen atoms in total. The third-order valence-corrected chi connectivity index (χ3v) is 5.34. The molecule has 0 bridgehead atoms. The highest BCUT2D eigenvalue weighted by atomic mass is 32.2. The van der Waals surface area contributed by atoms with Gasteiger partial charge in [0.15, 0.2) is 0 Å². The van der Waals surface area contributed by atoms with Crippen molar-refractivity contribution in [3.8, 4) is 0 Å². The summed E-state index contributed by atoms with van der Waals surface area (Å²) in [6.45, 7) is 0.995. The highest BCUT2D eigenvalue weighted by molar-refractivity contribution is 7.88. The zero-order valence-corrected chi connectivity index (χ0v) is 12.8. The zero-order valence-electron chi connectivity index (χ0n) is 12.0. The molecule has 0 spiro atoms. The van der Waals surface area contributed by atoms with Gasteiger partial charge in [-0.25, -0.2) is 8.42 Å². The van der Waals surface area contributed by atoms with Gasteiger partial charge in [0.05, 0.1) is 24.3 Å². The van der Waals surface area contributed by atoms with Gasteiger partial charge in [-0.15, -0.1) is 0 Å². The predicted octanol–water partition coefficient (Wildman–Crippen LogP) is 1.38. The van der Waals surface area contributed by atoms with Crippen LogP contribution in [0.2, 0.25) is 0 Å². The molecule has 1 atom stereocenters. The highest BCUT2D eigenvalue weighted by Crippen LogP contribution is 2.23. The van der Waals surface area contributed by atoms with Crippen molar-refractivity contribution in [2.45, 2.75) is 11.9 Å². The zero-order chi connectivity index (χ0) is 15.4. The second-order valence-corrected chi connectivity index (χ2v) is 7.06. The van der Waals surface area contributed by atoms with Gasteiger partial charge in [0, 0.05) is 25.5 Å². The number of nitrogens with zero attached hydrogens (tertiary/aromatic N) is 3. The number of aromatic nitrogens is 2. The third kappa shape index (κ3) is 3.49. The lowest BCUT2D eigenvalue weighted by molar-refractivity contribution is -0.00519. The molecule has 2 aromatic rings. The molecule has 7 heteroatoms. The summed E-state index contributed by atoms with van der Waals surface area (Å²) in [6.07, 6.45) is 4.40. The number of morpholine rings is 1. The summed E-state index contributed by atoms with van der Waals surface area (Å²) < 4.78 is 32.2. The minimum absolute atomic E-state index is 0.00102. The molecular weight excluding hydrogens is 302 g/mol. The fraction of sp³-hybridized carbons (Fsp3) is 0.333. The first kappa shape index (κ1) is 15.1. The van der Waals surface area contributed by atoms with Gasteiger partial charge in [-0.1, -0.05) is 30.3 Å². The first-order chi connectivity index (χ1) is 10.6. The molecule has 1 aliphatic rings. The Bertz CT molecular complexity index is 707. The second kappa shape index (κ2) is 6.51. The third-order valence-electron chi connectivity index (χ3n) is 3.53. The van der Waals surface area contributed by atoms with Crippen molar-refractivity contribution in [1.82, 2.24) is 14.3 Å². The lowest BCUT2D eigenvalue weighted by atomic mass is 10.2. The highest BCUT2D eigenvalue weighted by Gasteiger charge is 2.31. The number of benzene rings is 1. The average molecular weight is 319 g/mol. The van der Waals surface area contributed by atoms with Gasteiger partial charge in [0.1, 0.15) is 6.10 Å². The molecule has 0 unspecified atom stereocenters. The summed E-state index contributed by atoms with van der Waals surface area (Å²) >= 11 is 0. The van der Waals surface area contributed by atoms with Gasteiger partial charge in [-0.2, -0.15) is 4.31 Å². The van der Waals surface area contributed by atoms with Gasteiger partial charge >= 0.3 is 0 Å². The maximum atomic E-state index is 12.6. The van der Waals surface area contributed by atoms with Crippen molar-refractivity contribution in [2.24, 2.45) is 0 Å². The largest absolute Gasteiger partial charge is 0.369 e. The van der Waals surface area contributed by atoms with Crippen molar-refractivity contribution in [1.29, 1.82) is 0 Å². The fourth-order valence-electron chi connectivity index (χ4n) is 2.41. The molecule has 0 amide bonds. The molecule has 1 fully saturated rings. The molecule has 0 N–H and O–H groups in total. The molecule has 1 aromatic heterocycles. The van der Waals surface area contributed by atoms with Crippen LogP contribution < -0.4 is 0 Å². The quantitative estimate of drug-likeness (QED) is 0.851. The summed E-state index contributed by atoms with van der Waals surface area (Å²) in [7, 11) is -3.37. The fourth-order valence-corrected chi connectivity index (χ4v) is 3.92. The summed E-state index contributed by atoms with van der Waals surface area (Å²) in [5, 5.41) is 0. The number of sulfonamides is 1. The van der Waals surface area contributed by atoms with Crippen LogP contribution in [0.5, 0.6) is 0 Å². The molecular formula is C15H17N3O3S. The lowest BCUT2D eigenvalue weighted by Crippen LogP contribution is -2.42. The van der Waals surface area contributed by atoms with Crippen LogP contribution in [-0.4, -0.2) is 42.4 Å². The van der Waals surface area contributed by atoms with E-state index < -0.39 is 10.0 Å². The Kier molecular flexibility index (Phi) is 4.47. The predicted molar refractivity (Wildman–Crippen MR) is 81.4 cm³/mol. The summed E-state index contributed by atoms with van der Waals surface area (Å²) in [4.78, 5) is 8.20. The minimum atomic E-state index is -3.37. The van der Waals surface area contributed by atoms with Crippen LogP contribution in [0.1, 0.15) is 17.4 Å². The molecule has 1 aromatic carbocycles. The van der Waals surface area contributed by atoms with E-state index >= 15 is 0 Å². The van der Waals surface area contributed by atoms with E-state index in [1.165, 1.54) is 4.31 Å². The minimum Gasteiger partial charge on any atom is -0.369 e. The van der Waals surface area contributed by atoms with Crippen LogP contribution >= 0.6 is 0 Å². The van der Waals surface area contributed by atoms with E-state index in [-0.39, 0.29) is 18.4 Å². The van der Waals surface area contributed by atoms with Crippen molar-refractivity contribution < 1.29 is 13.2 Å². The lowest BCUT2D eigenvalue weighted by Gasteiger charge is -2.31. The van der Waals surface area contributed by atoms with Crippen LogP contribution in [-0.2, 0) is 20.5 Å². The Morgan fingerprint density at radius 1 is 1.23 bits per heavy atom. The number of hydrogen-bond acceptors (Lipinski definition) is 5. The average Bonchev–Trinajstić information content (AvgIpc) is 2.56. The first-order valence-corrected chi connectivity index (χ1v) is 8.65. The van der Waals surface area contributed by atoms with Gasteiger partial charge in [0.2, 0.25) is 10.0 Å². The Labute approximate surface area is 129 Å². The maximum Gasteiger partial charge on any atom is 0.218 e. The van der Waals surface area contributed by atoms with Crippen LogP contribution in [0.25, 0.3) is 0 Å². The van der Waals surface area contributed by atoms with Gasteiger partial charge in [-0.05, 0) is 5.56 Å². The molecule has 1 saturated heterocycles. The van der Waals surface area contributed by atoms with Crippen molar-refractivity contribution in [3.63, 3.8) is 0 Å². The van der Waals surface area contributed by atoms with E-state index in [2.05, 4.69) is 9.97 Å². The monoisotopic (exact) mass is 319 g/mol. The molecule has 22 heavy (non-hydrogen) atoms. The standard InChI is InChI=1S/C15H17N3O3S/c19-22(20,12-13-4-2-1-3-5-13)18-8-9-21-15(11-18)14-10-16-6-7-17-14/h1-7,10,15H,8-9,11-12H2/t15-/m0/s1. The first-order valence-electron chi connectivity index (χ1n) is 7.04.